The third kappa shape index (κ3) is 4.06. The topological polar surface area (TPSA) is 60.9 Å². The zero-order valence-electron chi connectivity index (χ0n) is 9.22. The van der Waals surface area contributed by atoms with E-state index in [0.29, 0.717) is 19.5 Å². The Morgan fingerprint density at radius 2 is 1.93 bits per heavy atom. The Morgan fingerprint density at radius 3 is 2.60 bits per heavy atom. The van der Waals surface area contributed by atoms with Crippen molar-refractivity contribution in [2.45, 2.75) is 12.8 Å². The van der Waals surface area contributed by atoms with Crippen molar-refractivity contribution >= 4 is 10.0 Å². The number of hydrogen-bond acceptors (Lipinski definition) is 4. The van der Waals surface area contributed by atoms with E-state index < -0.39 is 10.0 Å². The maximum Gasteiger partial charge on any atom is 0.214 e. The van der Waals surface area contributed by atoms with Crippen molar-refractivity contribution in [3.63, 3.8) is 0 Å². The molecule has 0 aromatic heterocycles. The number of nitrogens with zero attached hydrogens (tertiary/aromatic N) is 2. The Kier molecular flexibility index (Phi) is 4.98. The Bertz CT molecular complexity index is 279. The van der Waals surface area contributed by atoms with Gasteiger partial charge < -0.3 is 10.0 Å². The van der Waals surface area contributed by atoms with Gasteiger partial charge in [0.25, 0.3) is 0 Å². The van der Waals surface area contributed by atoms with E-state index in [0.717, 1.165) is 19.5 Å². The van der Waals surface area contributed by atoms with Gasteiger partial charge in [0, 0.05) is 26.2 Å². The van der Waals surface area contributed by atoms with E-state index in [1.807, 2.05) is 7.05 Å². The fourth-order valence-corrected chi connectivity index (χ4v) is 3.20. The van der Waals surface area contributed by atoms with Crippen LogP contribution < -0.4 is 0 Å². The van der Waals surface area contributed by atoms with Crippen molar-refractivity contribution < 1.29 is 13.5 Å². The van der Waals surface area contributed by atoms with Crippen LogP contribution in [-0.2, 0) is 10.0 Å². The molecule has 1 saturated heterocycles. The molecular weight excluding hydrogens is 216 g/mol. The summed E-state index contributed by atoms with van der Waals surface area (Å²) in [5.74, 6) is 0.0627. The lowest BCUT2D eigenvalue weighted by molar-refractivity contribution is 0.293. The fourth-order valence-electron chi connectivity index (χ4n) is 1.68. The fraction of sp³-hybridized carbons (Fsp3) is 1.00. The standard InChI is InChI=1S/C9H20N2O3S/c1-10-4-2-5-11(7-6-10)15(13,14)9-3-8-12/h12H,2-9H2,1H3. The lowest BCUT2D eigenvalue weighted by Gasteiger charge is -2.19. The van der Waals surface area contributed by atoms with Crippen LogP contribution in [0.3, 0.4) is 0 Å². The Hall–Kier alpha value is -0.170. The van der Waals surface area contributed by atoms with E-state index in [4.69, 9.17) is 5.11 Å². The summed E-state index contributed by atoms with van der Waals surface area (Å²) in [6.07, 6.45) is 1.21. The van der Waals surface area contributed by atoms with E-state index in [9.17, 15) is 8.42 Å². The third-order valence-electron chi connectivity index (χ3n) is 2.63. The molecule has 1 heterocycles. The van der Waals surface area contributed by atoms with Gasteiger partial charge in [0.2, 0.25) is 10.0 Å². The van der Waals surface area contributed by atoms with Gasteiger partial charge in [-0.15, -0.1) is 0 Å². The summed E-state index contributed by atoms with van der Waals surface area (Å²) in [5.41, 5.74) is 0. The van der Waals surface area contributed by atoms with Crippen molar-refractivity contribution in [3.05, 3.63) is 0 Å². The molecule has 0 bridgehead atoms. The smallest absolute Gasteiger partial charge is 0.214 e. The minimum atomic E-state index is -3.15. The molecule has 1 aliphatic heterocycles. The van der Waals surface area contributed by atoms with Crippen LogP contribution in [0, 0.1) is 0 Å². The molecule has 1 rings (SSSR count). The van der Waals surface area contributed by atoms with Gasteiger partial charge in [0.15, 0.2) is 0 Å². The summed E-state index contributed by atoms with van der Waals surface area (Å²) in [7, 11) is -1.14. The lowest BCUT2D eigenvalue weighted by atomic mass is 10.4. The van der Waals surface area contributed by atoms with Crippen molar-refractivity contribution in [1.29, 1.82) is 0 Å². The molecule has 15 heavy (non-hydrogen) atoms. The van der Waals surface area contributed by atoms with Gasteiger partial charge in [-0.05, 0) is 26.4 Å². The number of likely N-dealkylation sites (N-methyl/N-ethyl adjacent to an activating group) is 1. The monoisotopic (exact) mass is 236 g/mol. The van der Waals surface area contributed by atoms with Gasteiger partial charge in [0.05, 0.1) is 5.75 Å². The van der Waals surface area contributed by atoms with Gasteiger partial charge in [-0.2, -0.15) is 0 Å². The summed E-state index contributed by atoms with van der Waals surface area (Å²) >= 11 is 0. The summed E-state index contributed by atoms with van der Waals surface area (Å²) in [4.78, 5) is 2.14. The molecule has 90 valence electrons. The number of hydrogen-bond donors (Lipinski definition) is 1. The molecular formula is C9H20N2O3S. The quantitative estimate of drug-likeness (QED) is 0.704. The second-order valence-electron chi connectivity index (χ2n) is 3.95. The van der Waals surface area contributed by atoms with E-state index in [-0.39, 0.29) is 12.4 Å². The first-order valence-electron chi connectivity index (χ1n) is 5.33. The molecule has 0 atom stereocenters. The Labute approximate surface area is 91.7 Å². The predicted octanol–water partition coefficient (Wildman–Crippen LogP) is -0.664. The minimum Gasteiger partial charge on any atom is -0.396 e. The van der Waals surface area contributed by atoms with E-state index >= 15 is 0 Å². The van der Waals surface area contributed by atoms with Crippen LogP contribution in [0.2, 0.25) is 0 Å². The Balaban J connectivity index is 2.54. The van der Waals surface area contributed by atoms with Crippen molar-refractivity contribution in [2.75, 3.05) is 45.6 Å². The number of aliphatic hydroxyl groups excluding tert-OH is 1. The zero-order valence-corrected chi connectivity index (χ0v) is 10.0. The van der Waals surface area contributed by atoms with Crippen LogP contribution in [0.1, 0.15) is 12.8 Å². The molecule has 0 spiro atoms. The van der Waals surface area contributed by atoms with Crippen LogP contribution in [0.4, 0.5) is 0 Å². The molecule has 1 N–H and O–H groups in total. The molecule has 5 nitrogen and oxygen atoms in total. The molecule has 0 aromatic carbocycles. The maximum absolute atomic E-state index is 11.8. The van der Waals surface area contributed by atoms with Crippen LogP contribution >= 0.6 is 0 Å². The molecule has 0 amide bonds. The second kappa shape index (κ2) is 5.79. The summed E-state index contributed by atoms with van der Waals surface area (Å²) in [6, 6.07) is 0. The van der Waals surface area contributed by atoms with Crippen LogP contribution in [-0.4, -0.2) is 68.3 Å². The average Bonchev–Trinajstić information content (AvgIpc) is 2.40. The summed E-state index contributed by atoms with van der Waals surface area (Å²) < 4.78 is 25.1. The highest BCUT2D eigenvalue weighted by Crippen LogP contribution is 2.08. The molecule has 0 saturated carbocycles. The molecule has 1 fully saturated rings. The number of sulfonamides is 1. The molecule has 0 radical (unpaired) electrons. The highest BCUT2D eigenvalue weighted by Gasteiger charge is 2.23. The third-order valence-corrected chi connectivity index (χ3v) is 4.59. The number of rotatable bonds is 4. The molecule has 1 aliphatic rings. The highest BCUT2D eigenvalue weighted by atomic mass is 32.2. The first-order chi connectivity index (χ1) is 7.06. The average molecular weight is 236 g/mol. The van der Waals surface area contributed by atoms with Gasteiger partial charge in [0.1, 0.15) is 0 Å². The van der Waals surface area contributed by atoms with Gasteiger partial charge >= 0.3 is 0 Å². The van der Waals surface area contributed by atoms with E-state index in [1.165, 1.54) is 0 Å². The Morgan fingerprint density at radius 1 is 1.20 bits per heavy atom. The molecule has 6 heteroatoms. The second-order valence-corrected chi connectivity index (χ2v) is 6.04. The molecule has 0 aliphatic carbocycles. The number of aliphatic hydroxyl groups is 1. The normalized spacial score (nSPS) is 21.5. The van der Waals surface area contributed by atoms with Gasteiger partial charge in [-0.25, -0.2) is 12.7 Å². The first kappa shape index (κ1) is 12.9. The predicted molar refractivity (Wildman–Crippen MR) is 59.2 cm³/mol. The molecule has 0 unspecified atom stereocenters. The van der Waals surface area contributed by atoms with Crippen molar-refractivity contribution in [1.82, 2.24) is 9.21 Å². The van der Waals surface area contributed by atoms with E-state index in [2.05, 4.69) is 4.90 Å². The van der Waals surface area contributed by atoms with Gasteiger partial charge in [-0.3, -0.25) is 0 Å². The largest absolute Gasteiger partial charge is 0.396 e. The van der Waals surface area contributed by atoms with Gasteiger partial charge in [-0.1, -0.05) is 0 Å². The molecule has 0 aromatic rings. The SMILES string of the molecule is CN1CCCN(S(=O)(=O)CCCO)CC1. The van der Waals surface area contributed by atoms with Crippen molar-refractivity contribution in [2.24, 2.45) is 0 Å². The first-order valence-corrected chi connectivity index (χ1v) is 6.94. The lowest BCUT2D eigenvalue weighted by Crippen LogP contribution is -2.36. The minimum absolute atomic E-state index is 0.0625. The zero-order chi connectivity index (χ0) is 11.3. The van der Waals surface area contributed by atoms with Crippen LogP contribution in [0.25, 0.3) is 0 Å². The highest BCUT2D eigenvalue weighted by molar-refractivity contribution is 7.89. The summed E-state index contributed by atoms with van der Waals surface area (Å²) in [5, 5.41) is 8.63. The van der Waals surface area contributed by atoms with Crippen LogP contribution in [0.5, 0.6) is 0 Å². The van der Waals surface area contributed by atoms with E-state index in [1.54, 1.807) is 4.31 Å². The van der Waals surface area contributed by atoms with Crippen LogP contribution in [0.15, 0.2) is 0 Å². The van der Waals surface area contributed by atoms with Crippen molar-refractivity contribution in [3.8, 4) is 0 Å². The maximum atomic E-state index is 11.8. The summed E-state index contributed by atoms with van der Waals surface area (Å²) in [6.45, 7) is 2.86.